The van der Waals surface area contributed by atoms with Gasteiger partial charge in [0.1, 0.15) is 0 Å². The number of hydrogen-bond donors (Lipinski definition) is 1. The van der Waals surface area contributed by atoms with Crippen molar-refractivity contribution in [1.29, 1.82) is 0 Å². The van der Waals surface area contributed by atoms with E-state index in [1.807, 2.05) is 13.8 Å². The van der Waals surface area contributed by atoms with Crippen molar-refractivity contribution in [1.82, 2.24) is 0 Å². The van der Waals surface area contributed by atoms with Gasteiger partial charge in [-0.1, -0.05) is 57.9 Å². The SMILES string of the molecule is CCCCCCCCCCOc1cccc2c(OC(C)C)c(O)c(=O)oc12. The molecule has 0 fully saturated rings. The molecule has 1 heterocycles. The monoisotopic (exact) mass is 376 g/mol. The van der Waals surface area contributed by atoms with Gasteiger partial charge in [0.05, 0.1) is 18.1 Å². The molecule has 0 bridgehead atoms. The van der Waals surface area contributed by atoms with Gasteiger partial charge in [-0.25, -0.2) is 4.79 Å². The topological polar surface area (TPSA) is 68.9 Å². The number of benzene rings is 1. The third-order valence-corrected chi connectivity index (χ3v) is 4.44. The lowest BCUT2D eigenvalue weighted by atomic mass is 10.1. The lowest BCUT2D eigenvalue weighted by Gasteiger charge is -2.14. The highest BCUT2D eigenvalue weighted by molar-refractivity contribution is 5.89. The van der Waals surface area contributed by atoms with Crippen LogP contribution < -0.4 is 15.1 Å². The summed E-state index contributed by atoms with van der Waals surface area (Å²) in [4.78, 5) is 12.0. The second-order valence-corrected chi connectivity index (χ2v) is 7.19. The largest absolute Gasteiger partial charge is 0.499 e. The van der Waals surface area contributed by atoms with E-state index in [1.54, 1.807) is 18.2 Å². The van der Waals surface area contributed by atoms with Crippen molar-refractivity contribution >= 4 is 11.0 Å². The maximum atomic E-state index is 12.0. The highest BCUT2D eigenvalue weighted by Crippen LogP contribution is 2.36. The van der Waals surface area contributed by atoms with Crippen molar-refractivity contribution in [2.45, 2.75) is 78.2 Å². The zero-order valence-electron chi connectivity index (χ0n) is 16.8. The summed E-state index contributed by atoms with van der Waals surface area (Å²) < 4.78 is 16.7. The second-order valence-electron chi connectivity index (χ2n) is 7.19. The quantitative estimate of drug-likeness (QED) is 0.374. The highest BCUT2D eigenvalue weighted by Gasteiger charge is 2.18. The van der Waals surface area contributed by atoms with Gasteiger partial charge in [0.2, 0.25) is 5.75 Å². The summed E-state index contributed by atoms with van der Waals surface area (Å²) in [5.41, 5.74) is -0.503. The van der Waals surface area contributed by atoms with E-state index in [2.05, 4.69) is 6.92 Å². The first-order valence-electron chi connectivity index (χ1n) is 10.1. The van der Waals surface area contributed by atoms with Crippen LogP contribution in [-0.2, 0) is 0 Å². The minimum atomic E-state index is -0.818. The number of aromatic hydroxyl groups is 1. The Hall–Kier alpha value is -2.17. The molecule has 0 saturated heterocycles. The maximum absolute atomic E-state index is 12.0. The van der Waals surface area contributed by atoms with Gasteiger partial charge in [0.15, 0.2) is 17.1 Å². The molecule has 0 spiro atoms. The lowest BCUT2D eigenvalue weighted by Crippen LogP contribution is -2.10. The van der Waals surface area contributed by atoms with Crippen LogP contribution in [0.15, 0.2) is 27.4 Å². The Kier molecular flexibility index (Phi) is 8.49. The zero-order valence-corrected chi connectivity index (χ0v) is 16.8. The van der Waals surface area contributed by atoms with E-state index in [0.29, 0.717) is 23.3 Å². The van der Waals surface area contributed by atoms with E-state index in [9.17, 15) is 9.90 Å². The Morgan fingerprint density at radius 2 is 1.70 bits per heavy atom. The third kappa shape index (κ3) is 6.19. The van der Waals surface area contributed by atoms with Gasteiger partial charge >= 0.3 is 5.63 Å². The molecule has 0 aliphatic rings. The van der Waals surface area contributed by atoms with Crippen molar-refractivity contribution in [3.8, 4) is 17.2 Å². The molecule has 1 N–H and O–H groups in total. The van der Waals surface area contributed by atoms with Crippen LogP contribution in [-0.4, -0.2) is 17.8 Å². The fourth-order valence-corrected chi connectivity index (χ4v) is 3.05. The van der Waals surface area contributed by atoms with E-state index < -0.39 is 11.4 Å². The molecular weight excluding hydrogens is 344 g/mol. The molecule has 27 heavy (non-hydrogen) atoms. The van der Waals surface area contributed by atoms with Crippen molar-refractivity contribution < 1.29 is 19.0 Å². The summed E-state index contributed by atoms with van der Waals surface area (Å²) in [7, 11) is 0. The van der Waals surface area contributed by atoms with Gasteiger partial charge in [-0.3, -0.25) is 0 Å². The van der Waals surface area contributed by atoms with Crippen LogP contribution in [0.5, 0.6) is 17.2 Å². The predicted molar refractivity (Wildman–Crippen MR) is 108 cm³/mol. The number of fused-ring (bicyclic) bond motifs is 1. The minimum Gasteiger partial charge on any atom is -0.499 e. The van der Waals surface area contributed by atoms with Crippen molar-refractivity contribution in [3.63, 3.8) is 0 Å². The molecule has 5 nitrogen and oxygen atoms in total. The average molecular weight is 376 g/mol. The Morgan fingerprint density at radius 3 is 2.37 bits per heavy atom. The van der Waals surface area contributed by atoms with Gasteiger partial charge in [0.25, 0.3) is 0 Å². The lowest BCUT2D eigenvalue weighted by molar-refractivity contribution is 0.231. The normalized spacial score (nSPS) is 11.3. The first-order chi connectivity index (χ1) is 13.0. The molecule has 5 heteroatoms. The fourth-order valence-electron chi connectivity index (χ4n) is 3.05. The van der Waals surface area contributed by atoms with Gasteiger partial charge in [-0.05, 0) is 32.4 Å². The summed E-state index contributed by atoms with van der Waals surface area (Å²) >= 11 is 0. The van der Waals surface area contributed by atoms with Gasteiger partial charge < -0.3 is 19.0 Å². The molecule has 0 radical (unpaired) electrons. The summed E-state index contributed by atoms with van der Waals surface area (Å²) in [6, 6.07) is 5.32. The van der Waals surface area contributed by atoms with Crippen molar-refractivity contribution in [2.75, 3.05) is 6.61 Å². The van der Waals surface area contributed by atoms with Crippen LogP contribution in [0.1, 0.15) is 72.1 Å². The molecule has 0 atom stereocenters. The molecule has 0 unspecified atom stereocenters. The van der Waals surface area contributed by atoms with E-state index in [-0.39, 0.29) is 11.9 Å². The number of rotatable bonds is 12. The third-order valence-electron chi connectivity index (χ3n) is 4.44. The molecule has 2 aromatic rings. The van der Waals surface area contributed by atoms with Crippen LogP contribution in [0, 0.1) is 0 Å². The molecule has 0 amide bonds. The summed E-state index contributed by atoms with van der Waals surface area (Å²) in [6.07, 6.45) is 9.65. The smallest absolute Gasteiger partial charge is 0.382 e. The molecule has 0 aliphatic carbocycles. The van der Waals surface area contributed by atoms with E-state index in [4.69, 9.17) is 13.9 Å². The summed E-state index contributed by atoms with van der Waals surface area (Å²) in [5.74, 6) is 0.145. The molecule has 1 aromatic heterocycles. The van der Waals surface area contributed by atoms with Crippen LogP contribution in [0.3, 0.4) is 0 Å². The number of hydrogen-bond acceptors (Lipinski definition) is 5. The standard InChI is InChI=1S/C22H32O5/c1-4-5-6-7-8-9-10-11-15-25-18-14-12-13-17-20(18)27-22(24)19(23)21(17)26-16(2)3/h12-14,16,23H,4-11,15H2,1-3H3. The van der Waals surface area contributed by atoms with Crippen LogP contribution >= 0.6 is 0 Å². The molecule has 150 valence electrons. The minimum absolute atomic E-state index is 0.147. The molecule has 0 aliphatic heterocycles. The van der Waals surface area contributed by atoms with Gasteiger partial charge in [-0.2, -0.15) is 0 Å². The van der Waals surface area contributed by atoms with Crippen LogP contribution in [0.4, 0.5) is 0 Å². The zero-order chi connectivity index (χ0) is 19.6. The molecule has 1 aromatic carbocycles. The van der Waals surface area contributed by atoms with Crippen molar-refractivity contribution in [2.24, 2.45) is 0 Å². The van der Waals surface area contributed by atoms with E-state index in [0.717, 1.165) is 12.8 Å². The number of ether oxygens (including phenoxy) is 2. The summed E-state index contributed by atoms with van der Waals surface area (Å²) in [6.45, 7) is 6.47. The molecule has 0 saturated carbocycles. The van der Waals surface area contributed by atoms with Crippen molar-refractivity contribution in [3.05, 3.63) is 28.6 Å². The van der Waals surface area contributed by atoms with Crippen LogP contribution in [0.25, 0.3) is 11.0 Å². The first kappa shape index (κ1) is 21.1. The second kappa shape index (κ2) is 10.9. The average Bonchev–Trinajstić information content (AvgIpc) is 2.64. The Bertz CT molecular complexity index is 763. The Balaban J connectivity index is 1.97. The Morgan fingerprint density at radius 1 is 1.04 bits per heavy atom. The van der Waals surface area contributed by atoms with Gasteiger partial charge in [-0.15, -0.1) is 0 Å². The fraction of sp³-hybridized carbons (Fsp3) is 0.591. The van der Waals surface area contributed by atoms with E-state index >= 15 is 0 Å². The molecule has 2 rings (SSSR count). The van der Waals surface area contributed by atoms with E-state index in [1.165, 1.54) is 38.5 Å². The van der Waals surface area contributed by atoms with Gasteiger partial charge in [0, 0.05) is 0 Å². The number of para-hydroxylation sites is 1. The molecular formula is C22H32O5. The number of unbranched alkanes of at least 4 members (excludes halogenated alkanes) is 7. The van der Waals surface area contributed by atoms with Crippen LogP contribution in [0.2, 0.25) is 0 Å². The highest BCUT2D eigenvalue weighted by atomic mass is 16.5. The maximum Gasteiger partial charge on any atom is 0.382 e. The summed E-state index contributed by atoms with van der Waals surface area (Å²) in [5, 5.41) is 10.6. The predicted octanol–water partition coefficient (Wildman–Crippen LogP) is 5.81. The Labute approximate surface area is 161 Å². The first-order valence-corrected chi connectivity index (χ1v) is 10.1.